The quantitative estimate of drug-likeness (QED) is 0.0199. The molecule has 0 fully saturated rings. The number of carbonyl (C=O) groups is 3. The van der Waals surface area contributed by atoms with Gasteiger partial charge in [-0.3, -0.25) is 14.4 Å². The molecule has 1 unspecified atom stereocenters. The largest absolute Gasteiger partial charge is 0.462 e. The Morgan fingerprint density at radius 3 is 0.973 bits per heavy atom. The summed E-state index contributed by atoms with van der Waals surface area (Å²) in [6.45, 7) is 6.34. The second-order valence-electron chi connectivity index (χ2n) is 19.5. The van der Waals surface area contributed by atoms with Gasteiger partial charge in [-0.1, -0.05) is 251 Å². The van der Waals surface area contributed by atoms with Gasteiger partial charge in [0.05, 0.1) is 0 Å². The Morgan fingerprint density at radius 1 is 0.301 bits per heavy atom. The van der Waals surface area contributed by atoms with E-state index in [1.165, 1.54) is 122 Å². The van der Waals surface area contributed by atoms with Crippen molar-refractivity contribution in [2.45, 2.75) is 271 Å². The molecular weight excluding hydrogens is 901 g/mol. The molecule has 0 saturated carbocycles. The van der Waals surface area contributed by atoms with Crippen LogP contribution in [0.2, 0.25) is 0 Å². The standard InChI is InChI=1S/C67H110O6/c1-4-7-10-13-16-19-22-25-28-31-33-36-39-42-45-48-51-54-57-60-66(69)72-63-64(62-71-65(68)59-56-53-50-47-44-41-38-35-30-27-24-21-18-15-12-9-6-3)73-67(70)61-58-55-52-49-46-43-40-37-34-32-29-26-23-20-17-14-11-8-5-2/h7,9-10,12,16-21,23,25-28,30,38,41,47,50,64H,4-6,8,11,13-15,22,24,29,31-37,39-40,42-46,48-49,51-63H2,1-3H3/b10-7-,12-9-,19-16-,20-17-,21-18-,26-23-,28-25-,30-27-,41-38-,50-47-. The van der Waals surface area contributed by atoms with Crippen LogP contribution in [0.15, 0.2) is 122 Å². The Labute approximate surface area is 450 Å². The van der Waals surface area contributed by atoms with E-state index in [0.29, 0.717) is 19.3 Å². The number of esters is 3. The summed E-state index contributed by atoms with van der Waals surface area (Å²) in [6, 6.07) is 0. The summed E-state index contributed by atoms with van der Waals surface area (Å²) in [4.78, 5) is 38.3. The lowest BCUT2D eigenvalue weighted by molar-refractivity contribution is -0.167. The molecule has 0 N–H and O–H groups in total. The van der Waals surface area contributed by atoms with Gasteiger partial charge in [0.15, 0.2) is 6.10 Å². The number of ether oxygens (including phenoxy) is 3. The van der Waals surface area contributed by atoms with Crippen LogP contribution in [-0.4, -0.2) is 37.2 Å². The predicted molar refractivity (Wildman–Crippen MR) is 316 cm³/mol. The predicted octanol–water partition coefficient (Wildman–Crippen LogP) is 20.4. The fraction of sp³-hybridized carbons (Fsp3) is 0.657. The molecule has 0 spiro atoms. The van der Waals surface area contributed by atoms with E-state index >= 15 is 0 Å². The fourth-order valence-electron chi connectivity index (χ4n) is 8.01. The second kappa shape index (κ2) is 60.4. The molecule has 0 rings (SSSR count). The lowest BCUT2D eigenvalue weighted by Crippen LogP contribution is -2.30. The van der Waals surface area contributed by atoms with Gasteiger partial charge in [-0.2, -0.15) is 0 Å². The molecule has 0 saturated heterocycles. The van der Waals surface area contributed by atoms with Crippen molar-refractivity contribution in [1.82, 2.24) is 0 Å². The Kier molecular flexibility index (Phi) is 56.9. The van der Waals surface area contributed by atoms with Crippen LogP contribution in [0.25, 0.3) is 0 Å². The van der Waals surface area contributed by atoms with E-state index in [1.54, 1.807) is 0 Å². The van der Waals surface area contributed by atoms with Gasteiger partial charge in [0.1, 0.15) is 13.2 Å². The second-order valence-corrected chi connectivity index (χ2v) is 19.5. The van der Waals surface area contributed by atoms with Crippen LogP contribution >= 0.6 is 0 Å². The monoisotopic (exact) mass is 1010 g/mol. The summed E-state index contributed by atoms with van der Waals surface area (Å²) < 4.78 is 16.9. The van der Waals surface area contributed by atoms with Crippen LogP contribution in [0, 0.1) is 0 Å². The number of carbonyl (C=O) groups excluding carboxylic acids is 3. The summed E-state index contributed by atoms with van der Waals surface area (Å²) >= 11 is 0. The lowest BCUT2D eigenvalue weighted by Gasteiger charge is -2.18. The van der Waals surface area contributed by atoms with Crippen molar-refractivity contribution in [2.75, 3.05) is 13.2 Å². The first-order valence-corrected chi connectivity index (χ1v) is 30.1. The fourth-order valence-corrected chi connectivity index (χ4v) is 8.01. The molecule has 6 heteroatoms. The van der Waals surface area contributed by atoms with Crippen LogP contribution in [0.4, 0.5) is 0 Å². The molecule has 414 valence electrons. The summed E-state index contributed by atoms with van der Waals surface area (Å²) in [7, 11) is 0. The molecule has 0 aromatic heterocycles. The highest BCUT2D eigenvalue weighted by molar-refractivity contribution is 5.71. The average molecular weight is 1010 g/mol. The van der Waals surface area contributed by atoms with Gasteiger partial charge in [-0.25, -0.2) is 0 Å². The van der Waals surface area contributed by atoms with Gasteiger partial charge in [0, 0.05) is 19.3 Å². The zero-order valence-electron chi connectivity index (χ0n) is 47.4. The molecule has 0 amide bonds. The molecular formula is C67H110O6. The Morgan fingerprint density at radius 2 is 0.589 bits per heavy atom. The third kappa shape index (κ3) is 58.6. The maximum atomic E-state index is 12.9. The highest BCUT2D eigenvalue weighted by Crippen LogP contribution is 2.15. The SMILES string of the molecule is CC/C=C\C/C=C\C/C=C\C/C=C\C/C=C\CCCC(=O)OCC(COC(=O)CCCCCCCCCCC/C=C\C/C=C\C/C=C\CC)OC(=O)CCCCCCCCCCCC/C=C\C=C/CCCCC. The zero-order valence-corrected chi connectivity index (χ0v) is 47.4. The molecule has 0 aromatic rings. The molecule has 0 radical (unpaired) electrons. The van der Waals surface area contributed by atoms with Crippen molar-refractivity contribution in [3.8, 4) is 0 Å². The van der Waals surface area contributed by atoms with Crippen LogP contribution in [0.5, 0.6) is 0 Å². The first-order valence-electron chi connectivity index (χ1n) is 30.1. The van der Waals surface area contributed by atoms with Crippen LogP contribution in [-0.2, 0) is 28.6 Å². The first kappa shape index (κ1) is 68.8. The van der Waals surface area contributed by atoms with Crippen LogP contribution in [0.1, 0.15) is 265 Å². The Balaban J connectivity index is 4.48. The van der Waals surface area contributed by atoms with E-state index in [4.69, 9.17) is 14.2 Å². The summed E-state index contributed by atoms with van der Waals surface area (Å²) in [5.74, 6) is -0.970. The van der Waals surface area contributed by atoms with Crippen molar-refractivity contribution < 1.29 is 28.6 Å². The third-order valence-electron chi connectivity index (χ3n) is 12.5. The molecule has 0 aliphatic carbocycles. The highest BCUT2D eigenvalue weighted by atomic mass is 16.6. The molecule has 0 aliphatic heterocycles. The topological polar surface area (TPSA) is 78.9 Å². The smallest absolute Gasteiger partial charge is 0.306 e. The third-order valence-corrected chi connectivity index (χ3v) is 12.5. The summed E-state index contributed by atoms with van der Waals surface area (Å²) in [5.41, 5.74) is 0. The van der Waals surface area contributed by atoms with Gasteiger partial charge in [0.2, 0.25) is 0 Å². The van der Waals surface area contributed by atoms with Gasteiger partial charge in [-0.15, -0.1) is 0 Å². The zero-order chi connectivity index (χ0) is 52.9. The van der Waals surface area contributed by atoms with E-state index in [0.717, 1.165) is 96.3 Å². The molecule has 73 heavy (non-hydrogen) atoms. The summed E-state index contributed by atoms with van der Waals surface area (Å²) in [5, 5.41) is 0. The molecule has 0 aromatic carbocycles. The van der Waals surface area contributed by atoms with E-state index in [1.807, 2.05) is 0 Å². The van der Waals surface area contributed by atoms with Crippen molar-refractivity contribution in [3.05, 3.63) is 122 Å². The van der Waals surface area contributed by atoms with Crippen molar-refractivity contribution in [2.24, 2.45) is 0 Å². The normalized spacial score (nSPS) is 13.0. The minimum absolute atomic E-state index is 0.102. The minimum atomic E-state index is -0.810. The molecule has 0 aliphatic rings. The van der Waals surface area contributed by atoms with E-state index in [-0.39, 0.29) is 37.5 Å². The molecule has 6 nitrogen and oxygen atoms in total. The van der Waals surface area contributed by atoms with Crippen molar-refractivity contribution in [1.29, 1.82) is 0 Å². The average Bonchev–Trinajstić information content (AvgIpc) is 3.39. The number of unbranched alkanes of at least 4 members (excludes halogenated alkanes) is 23. The number of allylic oxidation sites excluding steroid dienone is 20. The van der Waals surface area contributed by atoms with Gasteiger partial charge in [0.25, 0.3) is 0 Å². The number of hydrogen-bond acceptors (Lipinski definition) is 6. The van der Waals surface area contributed by atoms with E-state index < -0.39 is 6.10 Å². The number of rotatable bonds is 53. The highest BCUT2D eigenvalue weighted by Gasteiger charge is 2.19. The Hall–Kier alpha value is -4.19. The van der Waals surface area contributed by atoms with Crippen molar-refractivity contribution >= 4 is 17.9 Å². The van der Waals surface area contributed by atoms with Gasteiger partial charge in [-0.05, 0) is 116 Å². The van der Waals surface area contributed by atoms with E-state index in [2.05, 4.69) is 142 Å². The minimum Gasteiger partial charge on any atom is -0.462 e. The van der Waals surface area contributed by atoms with Crippen LogP contribution in [0.3, 0.4) is 0 Å². The Bertz CT molecular complexity index is 1540. The maximum absolute atomic E-state index is 12.9. The van der Waals surface area contributed by atoms with Gasteiger partial charge >= 0.3 is 17.9 Å². The van der Waals surface area contributed by atoms with Crippen molar-refractivity contribution in [3.63, 3.8) is 0 Å². The first-order chi connectivity index (χ1) is 36.0. The van der Waals surface area contributed by atoms with E-state index in [9.17, 15) is 14.4 Å². The lowest BCUT2D eigenvalue weighted by atomic mass is 10.1. The maximum Gasteiger partial charge on any atom is 0.306 e. The molecule has 1 atom stereocenters. The van der Waals surface area contributed by atoms with Gasteiger partial charge < -0.3 is 14.2 Å². The molecule has 0 heterocycles. The van der Waals surface area contributed by atoms with Crippen LogP contribution < -0.4 is 0 Å². The number of hydrogen-bond donors (Lipinski definition) is 0. The molecule has 0 bridgehead atoms. The summed E-state index contributed by atoms with van der Waals surface area (Å²) in [6.07, 6.45) is 83.4.